The summed E-state index contributed by atoms with van der Waals surface area (Å²) in [5.41, 5.74) is 1.54. The van der Waals surface area contributed by atoms with Crippen molar-refractivity contribution in [1.29, 1.82) is 0 Å². The van der Waals surface area contributed by atoms with Crippen LogP contribution in [0.2, 0.25) is 0 Å². The van der Waals surface area contributed by atoms with Crippen LogP contribution in [0.3, 0.4) is 0 Å². The molecule has 0 bridgehead atoms. The summed E-state index contributed by atoms with van der Waals surface area (Å²) in [6.07, 6.45) is 0.654. The fourth-order valence-electron chi connectivity index (χ4n) is 2.75. The molecule has 0 aliphatic rings. The van der Waals surface area contributed by atoms with E-state index in [0.717, 1.165) is 16.4 Å². The molecule has 0 aliphatic carbocycles. The van der Waals surface area contributed by atoms with E-state index in [9.17, 15) is 4.79 Å². The van der Waals surface area contributed by atoms with Gasteiger partial charge in [0.2, 0.25) is 0 Å². The van der Waals surface area contributed by atoms with Crippen LogP contribution in [-0.2, 0) is 6.42 Å². The summed E-state index contributed by atoms with van der Waals surface area (Å²) in [7, 11) is 0. The number of H-pyrrole nitrogens is 1. The summed E-state index contributed by atoms with van der Waals surface area (Å²) in [6, 6.07) is 15.2. The maximum absolute atomic E-state index is 12.9. The van der Waals surface area contributed by atoms with Gasteiger partial charge in [-0.25, -0.2) is 9.55 Å². The number of para-hydroxylation sites is 2. The first kappa shape index (κ1) is 12.8. The summed E-state index contributed by atoms with van der Waals surface area (Å²) in [4.78, 5) is 17.5. The fourth-order valence-corrected chi connectivity index (χ4v) is 2.75. The van der Waals surface area contributed by atoms with Gasteiger partial charge in [-0.2, -0.15) is 5.10 Å². The standard InChI is InChI=1S/C17H14N4O/c1-2-15-18-13-9-5-4-8-12(13)17(22)21(15)16-11-7-3-6-10-14(11)19-20-16/h3-10H,2H2,1H3,(H,19,20). The quantitative estimate of drug-likeness (QED) is 0.617. The van der Waals surface area contributed by atoms with Crippen molar-refractivity contribution in [1.82, 2.24) is 19.7 Å². The molecule has 108 valence electrons. The Kier molecular flexibility index (Phi) is 2.79. The van der Waals surface area contributed by atoms with Gasteiger partial charge in [0.25, 0.3) is 5.56 Å². The van der Waals surface area contributed by atoms with Gasteiger partial charge >= 0.3 is 0 Å². The molecule has 2 aromatic heterocycles. The Balaban J connectivity index is 2.14. The average molecular weight is 290 g/mol. The highest BCUT2D eigenvalue weighted by molar-refractivity contribution is 5.86. The molecule has 0 amide bonds. The lowest BCUT2D eigenvalue weighted by atomic mass is 10.2. The molecule has 2 heterocycles. The Labute approximate surface area is 126 Å². The van der Waals surface area contributed by atoms with Gasteiger partial charge in [-0.05, 0) is 24.3 Å². The summed E-state index contributed by atoms with van der Waals surface area (Å²) in [5, 5.41) is 8.83. The normalized spacial score (nSPS) is 11.3. The number of rotatable bonds is 2. The van der Waals surface area contributed by atoms with Crippen LogP contribution >= 0.6 is 0 Å². The predicted molar refractivity (Wildman–Crippen MR) is 86.4 cm³/mol. The van der Waals surface area contributed by atoms with Crippen molar-refractivity contribution in [2.45, 2.75) is 13.3 Å². The van der Waals surface area contributed by atoms with Gasteiger partial charge < -0.3 is 0 Å². The van der Waals surface area contributed by atoms with E-state index in [1.54, 1.807) is 10.6 Å². The summed E-state index contributed by atoms with van der Waals surface area (Å²) in [5.74, 6) is 1.32. The van der Waals surface area contributed by atoms with E-state index in [0.29, 0.717) is 23.4 Å². The van der Waals surface area contributed by atoms with Crippen molar-refractivity contribution in [2.75, 3.05) is 0 Å². The average Bonchev–Trinajstić information content (AvgIpc) is 2.98. The molecule has 0 unspecified atom stereocenters. The maximum atomic E-state index is 12.9. The van der Waals surface area contributed by atoms with E-state index >= 15 is 0 Å². The molecule has 5 heteroatoms. The van der Waals surface area contributed by atoms with Crippen LogP contribution in [0.25, 0.3) is 27.6 Å². The highest BCUT2D eigenvalue weighted by Crippen LogP contribution is 2.20. The zero-order chi connectivity index (χ0) is 15.1. The van der Waals surface area contributed by atoms with Crippen LogP contribution in [0.5, 0.6) is 0 Å². The van der Waals surface area contributed by atoms with Crippen molar-refractivity contribution < 1.29 is 0 Å². The fraction of sp³-hybridized carbons (Fsp3) is 0.118. The second-order valence-electron chi connectivity index (χ2n) is 5.13. The second-order valence-corrected chi connectivity index (χ2v) is 5.13. The topological polar surface area (TPSA) is 63.6 Å². The van der Waals surface area contributed by atoms with Gasteiger partial charge in [-0.3, -0.25) is 9.89 Å². The highest BCUT2D eigenvalue weighted by Gasteiger charge is 2.15. The Morgan fingerprint density at radius 1 is 1.05 bits per heavy atom. The number of aromatic amines is 1. The molecule has 4 aromatic rings. The smallest absolute Gasteiger partial charge is 0.267 e. The number of nitrogens with one attached hydrogen (secondary N) is 1. The van der Waals surface area contributed by atoms with Crippen LogP contribution in [-0.4, -0.2) is 19.7 Å². The van der Waals surface area contributed by atoms with Crippen molar-refractivity contribution in [3.8, 4) is 5.82 Å². The summed E-state index contributed by atoms with van der Waals surface area (Å²) < 4.78 is 1.61. The number of hydrogen-bond donors (Lipinski definition) is 1. The van der Waals surface area contributed by atoms with Gasteiger partial charge in [0, 0.05) is 11.8 Å². The minimum Gasteiger partial charge on any atom is -0.276 e. The lowest BCUT2D eigenvalue weighted by Crippen LogP contribution is -2.24. The molecule has 0 radical (unpaired) electrons. The Morgan fingerprint density at radius 2 is 1.77 bits per heavy atom. The molecule has 2 aromatic carbocycles. The molecule has 0 aliphatic heterocycles. The van der Waals surface area contributed by atoms with Crippen LogP contribution in [0.15, 0.2) is 53.3 Å². The van der Waals surface area contributed by atoms with E-state index in [-0.39, 0.29) is 5.56 Å². The maximum Gasteiger partial charge on any atom is 0.267 e. The van der Waals surface area contributed by atoms with Gasteiger partial charge in [0.05, 0.1) is 16.4 Å². The molecule has 22 heavy (non-hydrogen) atoms. The van der Waals surface area contributed by atoms with E-state index in [2.05, 4.69) is 15.2 Å². The first-order valence-electron chi connectivity index (χ1n) is 7.23. The number of benzene rings is 2. The largest absolute Gasteiger partial charge is 0.276 e. The molecular formula is C17H14N4O. The van der Waals surface area contributed by atoms with E-state index in [1.165, 1.54) is 0 Å². The lowest BCUT2D eigenvalue weighted by Gasteiger charge is -2.10. The summed E-state index contributed by atoms with van der Waals surface area (Å²) in [6.45, 7) is 1.99. The van der Waals surface area contributed by atoms with Crippen LogP contribution in [0, 0.1) is 0 Å². The zero-order valence-corrected chi connectivity index (χ0v) is 12.1. The summed E-state index contributed by atoms with van der Waals surface area (Å²) >= 11 is 0. The minimum atomic E-state index is -0.0836. The zero-order valence-electron chi connectivity index (χ0n) is 12.1. The van der Waals surface area contributed by atoms with Crippen LogP contribution in [0.1, 0.15) is 12.7 Å². The van der Waals surface area contributed by atoms with Crippen LogP contribution in [0.4, 0.5) is 0 Å². The first-order valence-corrected chi connectivity index (χ1v) is 7.23. The molecule has 0 atom stereocenters. The minimum absolute atomic E-state index is 0.0836. The number of hydrogen-bond acceptors (Lipinski definition) is 3. The predicted octanol–water partition coefficient (Wildman–Crippen LogP) is 2.82. The van der Waals surface area contributed by atoms with Crippen molar-refractivity contribution in [3.05, 3.63) is 64.7 Å². The molecule has 4 rings (SSSR count). The van der Waals surface area contributed by atoms with Crippen molar-refractivity contribution in [3.63, 3.8) is 0 Å². The molecule has 0 spiro atoms. The first-order chi connectivity index (χ1) is 10.8. The third-order valence-corrected chi connectivity index (χ3v) is 3.82. The van der Waals surface area contributed by atoms with E-state index < -0.39 is 0 Å². The number of fused-ring (bicyclic) bond motifs is 2. The van der Waals surface area contributed by atoms with Gasteiger partial charge in [-0.1, -0.05) is 31.2 Å². The molecule has 0 saturated heterocycles. The molecule has 1 N–H and O–H groups in total. The second kappa shape index (κ2) is 4.80. The van der Waals surface area contributed by atoms with E-state index in [4.69, 9.17) is 0 Å². The lowest BCUT2D eigenvalue weighted by molar-refractivity contribution is 0.810. The van der Waals surface area contributed by atoms with Crippen molar-refractivity contribution >= 4 is 21.8 Å². The Hall–Kier alpha value is -2.95. The highest BCUT2D eigenvalue weighted by atomic mass is 16.1. The third-order valence-electron chi connectivity index (χ3n) is 3.82. The Morgan fingerprint density at radius 3 is 2.59 bits per heavy atom. The van der Waals surface area contributed by atoms with Gasteiger partial charge in [0.1, 0.15) is 5.82 Å². The van der Waals surface area contributed by atoms with E-state index in [1.807, 2.05) is 49.4 Å². The molecular weight excluding hydrogens is 276 g/mol. The number of nitrogens with zero attached hydrogens (tertiary/aromatic N) is 3. The molecule has 0 fully saturated rings. The number of aromatic nitrogens is 4. The third kappa shape index (κ3) is 1.75. The van der Waals surface area contributed by atoms with Gasteiger partial charge in [0.15, 0.2) is 5.82 Å². The van der Waals surface area contributed by atoms with Gasteiger partial charge in [-0.15, -0.1) is 0 Å². The molecule has 0 saturated carbocycles. The number of aryl methyl sites for hydroxylation is 1. The van der Waals surface area contributed by atoms with Crippen LogP contribution < -0.4 is 5.56 Å². The SMILES string of the molecule is CCc1nc2ccccc2c(=O)n1-c1n[nH]c2ccccc12. The Bertz CT molecular complexity index is 1050. The monoisotopic (exact) mass is 290 g/mol. The molecule has 5 nitrogen and oxygen atoms in total. The van der Waals surface area contributed by atoms with Crippen molar-refractivity contribution in [2.24, 2.45) is 0 Å².